The molecule has 0 fully saturated rings. The van der Waals surface area contributed by atoms with Gasteiger partial charge in [0.05, 0.1) is 11.3 Å². The third-order valence-electron chi connectivity index (χ3n) is 2.51. The lowest BCUT2D eigenvalue weighted by Gasteiger charge is -2.09. The van der Waals surface area contributed by atoms with Crippen LogP contribution in [0, 0.1) is 18.3 Å². The Labute approximate surface area is 98.4 Å². The molecule has 84 valence electrons. The van der Waals surface area contributed by atoms with Crippen molar-refractivity contribution in [3.63, 3.8) is 0 Å². The number of nitriles is 1. The van der Waals surface area contributed by atoms with Crippen LogP contribution in [0.25, 0.3) is 5.69 Å². The first-order valence-corrected chi connectivity index (χ1v) is 5.05. The second-order valence-electron chi connectivity index (χ2n) is 3.70. The van der Waals surface area contributed by atoms with Gasteiger partial charge >= 0.3 is 5.97 Å². The molecule has 4 nitrogen and oxygen atoms in total. The lowest BCUT2D eigenvalue weighted by Crippen LogP contribution is -2.06. The van der Waals surface area contributed by atoms with E-state index in [4.69, 9.17) is 10.4 Å². The van der Waals surface area contributed by atoms with Crippen LogP contribution >= 0.6 is 0 Å². The van der Waals surface area contributed by atoms with Gasteiger partial charge in [0, 0.05) is 6.20 Å². The maximum atomic E-state index is 11.2. The fraction of sp³-hybridized carbons (Fsp3) is 0.0769. The van der Waals surface area contributed by atoms with E-state index in [-0.39, 0.29) is 5.56 Å². The lowest BCUT2D eigenvalue weighted by molar-refractivity contribution is 0.0697. The van der Waals surface area contributed by atoms with Gasteiger partial charge in [0.1, 0.15) is 11.8 Å². The van der Waals surface area contributed by atoms with Crippen LogP contribution in [0.2, 0.25) is 0 Å². The molecule has 0 aliphatic heterocycles. The van der Waals surface area contributed by atoms with Crippen molar-refractivity contribution in [3.8, 4) is 11.8 Å². The van der Waals surface area contributed by atoms with Crippen molar-refractivity contribution < 1.29 is 9.90 Å². The van der Waals surface area contributed by atoms with E-state index in [0.29, 0.717) is 11.4 Å². The molecule has 1 aromatic carbocycles. The highest BCUT2D eigenvalue weighted by Gasteiger charge is 2.13. The maximum Gasteiger partial charge on any atom is 0.337 e. The summed E-state index contributed by atoms with van der Waals surface area (Å²) in [6.45, 7) is 1.83. The smallest absolute Gasteiger partial charge is 0.337 e. The summed E-state index contributed by atoms with van der Waals surface area (Å²) in [7, 11) is 0. The Morgan fingerprint density at radius 3 is 2.82 bits per heavy atom. The molecule has 0 amide bonds. The maximum absolute atomic E-state index is 11.2. The zero-order valence-corrected chi connectivity index (χ0v) is 9.21. The summed E-state index contributed by atoms with van der Waals surface area (Å²) in [5.41, 5.74) is 1.98. The van der Waals surface area contributed by atoms with Gasteiger partial charge in [-0.2, -0.15) is 5.26 Å². The zero-order valence-electron chi connectivity index (χ0n) is 9.21. The van der Waals surface area contributed by atoms with Crippen molar-refractivity contribution in [1.29, 1.82) is 5.26 Å². The van der Waals surface area contributed by atoms with Gasteiger partial charge in [-0.1, -0.05) is 11.6 Å². The Hall–Kier alpha value is -2.54. The average molecular weight is 226 g/mol. The van der Waals surface area contributed by atoms with Crippen molar-refractivity contribution in [3.05, 3.63) is 53.3 Å². The quantitative estimate of drug-likeness (QED) is 0.854. The SMILES string of the molecule is Cc1ccc(-n2cccc2C#N)c(C(=O)O)c1. The third kappa shape index (κ3) is 1.91. The lowest BCUT2D eigenvalue weighted by atomic mass is 10.1. The molecule has 1 aromatic heterocycles. The first kappa shape index (κ1) is 11.0. The van der Waals surface area contributed by atoms with Crippen molar-refractivity contribution in [2.45, 2.75) is 6.92 Å². The minimum absolute atomic E-state index is 0.192. The molecule has 0 atom stereocenters. The summed E-state index contributed by atoms with van der Waals surface area (Å²) in [6.07, 6.45) is 1.68. The number of nitrogens with zero attached hydrogens (tertiary/aromatic N) is 2. The number of hydrogen-bond acceptors (Lipinski definition) is 2. The van der Waals surface area contributed by atoms with E-state index < -0.39 is 5.97 Å². The molecule has 0 saturated heterocycles. The number of aromatic nitrogens is 1. The monoisotopic (exact) mass is 226 g/mol. The van der Waals surface area contributed by atoms with E-state index in [2.05, 4.69) is 0 Å². The summed E-state index contributed by atoms with van der Waals surface area (Å²) < 4.78 is 1.57. The van der Waals surface area contributed by atoms with Crippen LogP contribution in [0.5, 0.6) is 0 Å². The average Bonchev–Trinajstić information content (AvgIpc) is 2.76. The molecule has 0 radical (unpaired) electrons. The zero-order chi connectivity index (χ0) is 12.4. The van der Waals surface area contributed by atoms with E-state index in [0.717, 1.165) is 5.56 Å². The minimum Gasteiger partial charge on any atom is -0.478 e. The first-order valence-electron chi connectivity index (χ1n) is 5.05. The van der Waals surface area contributed by atoms with Gasteiger partial charge in [0.2, 0.25) is 0 Å². The van der Waals surface area contributed by atoms with Gasteiger partial charge in [0.15, 0.2) is 0 Å². The molecule has 0 bridgehead atoms. The van der Waals surface area contributed by atoms with E-state index in [9.17, 15) is 4.79 Å². The number of aryl methyl sites for hydroxylation is 1. The normalized spacial score (nSPS) is 9.88. The molecule has 0 unspecified atom stereocenters. The number of hydrogen-bond donors (Lipinski definition) is 1. The first-order chi connectivity index (χ1) is 8.13. The Bertz CT molecular complexity index is 621. The van der Waals surface area contributed by atoms with Crippen LogP contribution in [0.4, 0.5) is 0 Å². The molecule has 4 heteroatoms. The highest BCUT2D eigenvalue weighted by atomic mass is 16.4. The third-order valence-corrected chi connectivity index (χ3v) is 2.51. The fourth-order valence-electron chi connectivity index (χ4n) is 1.71. The molecular formula is C13H10N2O2. The standard InChI is InChI=1S/C13H10N2O2/c1-9-4-5-12(11(7-9)13(16)17)15-6-2-3-10(15)8-14/h2-7H,1H3,(H,16,17). The highest BCUT2D eigenvalue weighted by Crippen LogP contribution is 2.19. The largest absolute Gasteiger partial charge is 0.478 e. The van der Waals surface area contributed by atoms with Crippen LogP contribution in [0.1, 0.15) is 21.6 Å². The Kier molecular flexibility index (Phi) is 2.67. The minimum atomic E-state index is -0.999. The van der Waals surface area contributed by atoms with E-state index in [1.807, 2.05) is 19.1 Å². The number of aromatic carboxylic acids is 1. The summed E-state index contributed by atoms with van der Waals surface area (Å²) in [5.74, 6) is -0.999. The summed E-state index contributed by atoms with van der Waals surface area (Å²) >= 11 is 0. The molecule has 2 rings (SSSR count). The Morgan fingerprint density at radius 2 is 2.18 bits per heavy atom. The van der Waals surface area contributed by atoms with E-state index >= 15 is 0 Å². The molecule has 1 heterocycles. The van der Waals surface area contributed by atoms with Crippen LogP contribution in [-0.4, -0.2) is 15.6 Å². The topological polar surface area (TPSA) is 66.0 Å². The molecule has 0 aliphatic rings. The molecule has 2 aromatic rings. The van der Waals surface area contributed by atoms with Gasteiger partial charge in [-0.05, 0) is 31.2 Å². The predicted octanol–water partition coefficient (Wildman–Crippen LogP) is 2.36. The highest BCUT2D eigenvalue weighted by molar-refractivity contribution is 5.92. The predicted molar refractivity (Wildman–Crippen MR) is 62.2 cm³/mol. The van der Waals surface area contributed by atoms with Gasteiger partial charge in [-0.15, -0.1) is 0 Å². The van der Waals surface area contributed by atoms with Gasteiger partial charge in [-0.3, -0.25) is 0 Å². The molecule has 0 saturated carbocycles. The molecule has 0 aliphatic carbocycles. The number of carboxylic acids is 1. The van der Waals surface area contributed by atoms with Gasteiger partial charge in [-0.25, -0.2) is 4.79 Å². The van der Waals surface area contributed by atoms with Crippen molar-refractivity contribution in [2.24, 2.45) is 0 Å². The van der Waals surface area contributed by atoms with Crippen LogP contribution in [-0.2, 0) is 0 Å². The van der Waals surface area contributed by atoms with Crippen molar-refractivity contribution >= 4 is 5.97 Å². The van der Waals surface area contributed by atoms with Crippen LogP contribution in [0.3, 0.4) is 0 Å². The molecule has 17 heavy (non-hydrogen) atoms. The summed E-state index contributed by atoms with van der Waals surface area (Å²) in [4.78, 5) is 11.2. The van der Waals surface area contributed by atoms with E-state index in [1.165, 1.54) is 0 Å². The Morgan fingerprint density at radius 1 is 1.41 bits per heavy atom. The summed E-state index contributed by atoms with van der Waals surface area (Å²) in [6, 6.07) is 10.5. The Balaban J connectivity index is 2.68. The fourth-order valence-corrected chi connectivity index (χ4v) is 1.71. The van der Waals surface area contributed by atoms with E-state index in [1.54, 1.807) is 35.0 Å². The van der Waals surface area contributed by atoms with Crippen LogP contribution < -0.4 is 0 Å². The number of rotatable bonds is 2. The molecule has 0 spiro atoms. The number of carboxylic acid groups (broad SMARTS) is 1. The van der Waals surface area contributed by atoms with Crippen molar-refractivity contribution in [1.82, 2.24) is 4.57 Å². The second kappa shape index (κ2) is 4.14. The van der Waals surface area contributed by atoms with Crippen molar-refractivity contribution in [2.75, 3.05) is 0 Å². The van der Waals surface area contributed by atoms with Crippen LogP contribution in [0.15, 0.2) is 36.5 Å². The molecule has 1 N–H and O–H groups in total. The number of benzene rings is 1. The summed E-state index contributed by atoms with van der Waals surface area (Å²) in [5, 5.41) is 18.1. The second-order valence-corrected chi connectivity index (χ2v) is 3.70. The number of carbonyl (C=O) groups is 1. The van der Waals surface area contributed by atoms with Gasteiger partial charge < -0.3 is 9.67 Å². The van der Waals surface area contributed by atoms with Gasteiger partial charge in [0.25, 0.3) is 0 Å². The molecular weight excluding hydrogens is 216 g/mol.